The molecular weight excluding hydrogens is 268 g/mol. The fourth-order valence-corrected chi connectivity index (χ4v) is 2.71. The summed E-state index contributed by atoms with van der Waals surface area (Å²) >= 11 is 0. The first-order valence-electron chi connectivity index (χ1n) is 7.52. The Hall–Kier alpha value is -1.59. The van der Waals surface area contributed by atoms with E-state index in [1.165, 1.54) is 0 Å². The Balaban J connectivity index is 1.73. The lowest BCUT2D eigenvalue weighted by molar-refractivity contribution is 0.0785. The normalized spacial score (nSPS) is 17.5. The van der Waals surface area contributed by atoms with Gasteiger partial charge in [0.25, 0.3) is 0 Å². The Morgan fingerprint density at radius 3 is 2.62 bits per heavy atom. The van der Waals surface area contributed by atoms with Gasteiger partial charge in [-0.25, -0.2) is 4.79 Å². The molecule has 1 saturated heterocycles. The van der Waals surface area contributed by atoms with Gasteiger partial charge in [0.2, 0.25) is 0 Å². The molecule has 3 N–H and O–H groups in total. The van der Waals surface area contributed by atoms with Gasteiger partial charge in [0.1, 0.15) is 6.61 Å². The third kappa shape index (κ3) is 4.72. The smallest absolute Gasteiger partial charge is 0.410 e. The fourth-order valence-electron chi connectivity index (χ4n) is 2.71. The van der Waals surface area contributed by atoms with Gasteiger partial charge in [-0.05, 0) is 30.7 Å². The molecule has 116 valence electrons. The predicted octanol–water partition coefficient (Wildman–Crippen LogP) is 1.74. The van der Waals surface area contributed by atoms with Crippen molar-refractivity contribution in [1.29, 1.82) is 0 Å². The first-order valence-corrected chi connectivity index (χ1v) is 7.52. The molecule has 5 nitrogen and oxygen atoms in total. The van der Waals surface area contributed by atoms with Crippen LogP contribution < -0.4 is 5.73 Å². The molecule has 1 unspecified atom stereocenters. The summed E-state index contributed by atoms with van der Waals surface area (Å²) in [6.07, 6.45) is 2.12. The van der Waals surface area contributed by atoms with Crippen LogP contribution in [0.5, 0.6) is 0 Å². The number of carbonyl (C=O) groups is 1. The Labute approximate surface area is 125 Å². The molecule has 0 aliphatic carbocycles. The summed E-state index contributed by atoms with van der Waals surface area (Å²) in [5.74, 6) is 0.385. The number of hydrogen-bond acceptors (Lipinski definition) is 4. The molecule has 1 aliphatic rings. The number of rotatable bonds is 5. The molecule has 0 saturated carbocycles. The number of carbonyl (C=O) groups excluding carboxylic acids is 1. The lowest BCUT2D eigenvalue weighted by Gasteiger charge is -2.34. The van der Waals surface area contributed by atoms with E-state index in [9.17, 15) is 4.79 Å². The standard InChI is InChI=1S/C16H24N2O3/c17-15(8-11-19)14-6-9-18(10-7-14)16(20)21-12-13-4-2-1-3-5-13/h1-5,14-15,19H,6-12,17H2. The molecule has 21 heavy (non-hydrogen) atoms. The maximum absolute atomic E-state index is 12.0. The van der Waals surface area contributed by atoms with Gasteiger partial charge in [0.15, 0.2) is 0 Å². The molecule has 1 aliphatic heterocycles. The van der Waals surface area contributed by atoms with Crippen molar-refractivity contribution in [3.8, 4) is 0 Å². The molecule has 1 aromatic carbocycles. The number of amides is 1. The lowest BCUT2D eigenvalue weighted by Crippen LogP contribution is -2.43. The van der Waals surface area contributed by atoms with Crippen LogP contribution in [0.4, 0.5) is 4.79 Å². The number of aliphatic hydroxyl groups is 1. The number of benzene rings is 1. The van der Waals surface area contributed by atoms with E-state index in [1.807, 2.05) is 30.3 Å². The SMILES string of the molecule is NC(CCO)C1CCN(C(=O)OCc2ccccc2)CC1. The van der Waals surface area contributed by atoms with E-state index in [2.05, 4.69) is 0 Å². The summed E-state index contributed by atoms with van der Waals surface area (Å²) < 4.78 is 5.33. The number of piperidine rings is 1. The largest absolute Gasteiger partial charge is 0.445 e. The first-order chi connectivity index (χ1) is 10.2. The molecule has 0 bridgehead atoms. The van der Waals surface area contributed by atoms with E-state index in [1.54, 1.807) is 4.90 Å². The first kappa shape index (κ1) is 15.8. The Morgan fingerprint density at radius 1 is 1.33 bits per heavy atom. The van der Waals surface area contributed by atoms with Gasteiger partial charge in [0, 0.05) is 25.7 Å². The second kappa shape index (κ2) is 8.00. The second-order valence-corrected chi connectivity index (χ2v) is 5.54. The summed E-state index contributed by atoms with van der Waals surface area (Å²) in [6.45, 7) is 1.79. The van der Waals surface area contributed by atoms with Crippen molar-refractivity contribution in [2.24, 2.45) is 11.7 Å². The molecule has 5 heteroatoms. The van der Waals surface area contributed by atoms with Crippen molar-refractivity contribution in [3.63, 3.8) is 0 Å². The summed E-state index contributed by atoms with van der Waals surface area (Å²) in [6, 6.07) is 9.69. The molecule has 1 amide bonds. The highest BCUT2D eigenvalue weighted by molar-refractivity contribution is 5.67. The average Bonchev–Trinajstić information content (AvgIpc) is 2.54. The minimum atomic E-state index is -0.256. The summed E-state index contributed by atoms with van der Waals surface area (Å²) in [5.41, 5.74) is 7.01. The molecule has 1 atom stereocenters. The zero-order valence-electron chi connectivity index (χ0n) is 12.3. The highest BCUT2D eigenvalue weighted by Gasteiger charge is 2.27. The predicted molar refractivity (Wildman–Crippen MR) is 80.6 cm³/mol. The number of likely N-dealkylation sites (tertiary alicyclic amines) is 1. The molecule has 1 heterocycles. The van der Waals surface area contributed by atoms with Crippen LogP contribution in [0.15, 0.2) is 30.3 Å². The van der Waals surface area contributed by atoms with Crippen LogP contribution in [0, 0.1) is 5.92 Å². The zero-order chi connectivity index (χ0) is 15.1. The minimum absolute atomic E-state index is 0.0255. The lowest BCUT2D eigenvalue weighted by atomic mass is 9.88. The van der Waals surface area contributed by atoms with E-state index >= 15 is 0 Å². The van der Waals surface area contributed by atoms with Crippen molar-refractivity contribution in [2.45, 2.75) is 31.9 Å². The number of nitrogens with zero attached hydrogens (tertiary/aromatic N) is 1. The average molecular weight is 292 g/mol. The Morgan fingerprint density at radius 2 is 2.00 bits per heavy atom. The maximum atomic E-state index is 12.0. The van der Waals surface area contributed by atoms with Gasteiger partial charge in [-0.3, -0.25) is 0 Å². The number of ether oxygens (including phenoxy) is 1. The van der Waals surface area contributed by atoms with Crippen LogP contribution in [0.1, 0.15) is 24.8 Å². The molecule has 2 rings (SSSR count). The van der Waals surface area contributed by atoms with Crippen LogP contribution in [0.25, 0.3) is 0 Å². The van der Waals surface area contributed by atoms with Crippen LogP contribution in [-0.4, -0.2) is 41.8 Å². The van der Waals surface area contributed by atoms with E-state index in [-0.39, 0.29) is 18.7 Å². The van der Waals surface area contributed by atoms with E-state index in [0.29, 0.717) is 32.0 Å². The van der Waals surface area contributed by atoms with Crippen molar-refractivity contribution >= 4 is 6.09 Å². The molecule has 1 aromatic rings. The highest BCUT2D eigenvalue weighted by atomic mass is 16.6. The number of hydrogen-bond donors (Lipinski definition) is 2. The molecule has 1 fully saturated rings. The minimum Gasteiger partial charge on any atom is -0.445 e. The van der Waals surface area contributed by atoms with Crippen LogP contribution in [0.3, 0.4) is 0 Å². The molecule has 0 aromatic heterocycles. The van der Waals surface area contributed by atoms with Crippen LogP contribution in [-0.2, 0) is 11.3 Å². The summed E-state index contributed by atoms with van der Waals surface area (Å²) in [7, 11) is 0. The number of nitrogens with two attached hydrogens (primary N) is 1. The van der Waals surface area contributed by atoms with Gasteiger partial charge in [-0.1, -0.05) is 30.3 Å². The van der Waals surface area contributed by atoms with Gasteiger partial charge in [0.05, 0.1) is 0 Å². The quantitative estimate of drug-likeness (QED) is 0.867. The van der Waals surface area contributed by atoms with Crippen LogP contribution in [0.2, 0.25) is 0 Å². The Bertz CT molecular complexity index is 430. The van der Waals surface area contributed by atoms with E-state index < -0.39 is 0 Å². The van der Waals surface area contributed by atoms with Crippen molar-refractivity contribution < 1.29 is 14.6 Å². The van der Waals surface area contributed by atoms with Crippen molar-refractivity contribution in [2.75, 3.05) is 19.7 Å². The summed E-state index contributed by atoms with van der Waals surface area (Å²) in [5, 5.41) is 8.92. The molecular formula is C16H24N2O3. The third-order valence-corrected chi connectivity index (χ3v) is 4.07. The molecule has 0 radical (unpaired) electrons. The fraction of sp³-hybridized carbons (Fsp3) is 0.562. The highest BCUT2D eigenvalue weighted by Crippen LogP contribution is 2.21. The van der Waals surface area contributed by atoms with Gasteiger partial charge < -0.3 is 20.5 Å². The van der Waals surface area contributed by atoms with E-state index in [4.69, 9.17) is 15.6 Å². The third-order valence-electron chi connectivity index (χ3n) is 4.07. The van der Waals surface area contributed by atoms with Crippen molar-refractivity contribution in [1.82, 2.24) is 4.90 Å². The van der Waals surface area contributed by atoms with Crippen molar-refractivity contribution in [3.05, 3.63) is 35.9 Å². The monoisotopic (exact) mass is 292 g/mol. The van der Waals surface area contributed by atoms with Crippen LogP contribution >= 0.6 is 0 Å². The number of aliphatic hydroxyl groups excluding tert-OH is 1. The van der Waals surface area contributed by atoms with E-state index in [0.717, 1.165) is 18.4 Å². The van der Waals surface area contributed by atoms with Gasteiger partial charge in [-0.2, -0.15) is 0 Å². The zero-order valence-corrected chi connectivity index (χ0v) is 12.3. The summed E-state index contributed by atoms with van der Waals surface area (Å²) in [4.78, 5) is 13.7. The maximum Gasteiger partial charge on any atom is 0.410 e. The van der Waals surface area contributed by atoms with Gasteiger partial charge >= 0.3 is 6.09 Å². The Kier molecular flexibility index (Phi) is 6.02. The topological polar surface area (TPSA) is 75.8 Å². The second-order valence-electron chi connectivity index (χ2n) is 5.54. The van der Waals surface area contributed by atoms with Gasteiger partial charge in [-0.15, -0.1) is 0 Å². The molecule has 0 spiro atoms.